The zero-order chi connectivity index (χ0) is 17.1. The van der Waals surface area contributed by atoms with Crippen molar-refractivity contribution in [2.45, 2.75) is 12.8 Å². The maximum Gasteiger partial charge on any atom is 0.307 e. The molecule has 0 bridgehead atoms. The number of hydrogen-bond donors (Lipinski definition) is 3. The predicted molar refractivity (Wildman–Crippen MR) is 89.5 cm³/mol. The number of nitrogens with one attached hydrogen (secondary N) is 3. The van der Waals surface area contributed by atoms with Gasteiger partial charge in [0.15, 0.2) is 5.96 Å². The van der Waals surface area contributed by atoms with Crippen LogP contribution in [0.25, 0.3) is 0 Å². The standard InChI is InChI=1S/C16H24N4O3/c1-17-15(22)13-6-4-5-12(11-13)7-9-19-16(18-2)20-10-8-14(21)23-3/h4-6,11H,7-10H2,1-3H3,(H,17,22)(H2,18,19,20). The van der Waals surface area contributed by atoms with Gasteiger partial charge in [-0.3, -0.25) is 14.6 Å². The predicted octanol–water partition coefficient (Wildman–Crippen LogP) is 0.317. The number of hydrogen-bond acceptors (Lipinski definition) is 4. The molecule has 0 heterocycles. The Balaban J connectivity index is 2.40. The van der Waals surface area contributed by atoms with Gasteiger partial charge in [0.05, 0.1) is 13.5 Å². The second-order valence-corrected chi connectivity index (χ2v) is 4.78. The van der Waals surface area contributed by atoms with Crippen molar-refractivity contribution in [1.29, 1.82) is 0 Å². The molecule has 1 amide bonds. The number of nitrogens with zero attached hydrogens (tertiary/aromatic N) is 1. The molecule has 7 nitrogen and oxygen atoms in total. The molecular formula is C16H24N4O3. The highest BCUT2D eigenvalue weighted by Gasteiger charge is 2.04. The summed E-state index contributed by atoms with van der Waals surface area (Å²) in [6.45, 7) is 1.12. The van der Waals surface area contributed by atoms with Crippen LogP contribution in [0.4, 0.5) is 0 Å². The molecule has 3 N–H and O–H groups in total. The number of aliphatic imine (C=N–C) groups is 1. The van der Waals surface area contributed by atoms with Crippen molar-refractivity contribution in [3.05, 3.63) is 35.4 Å². The van der Waals surface area contributed by atoms with Gasteiger partial charge in [0.1, 0.15) is 0 Å². The molecule has 0 atom stereocenters. The second kappa shape index (κ2) is 10.2. The molecule has 23 heavy (non-hydrogen) atoms. The minimum absolute atomic E-state index is 0.0971. The molecule has 0 saturated heterocycles. The lowest BCUT2D eigenvalue weighted by atomic mass is 10.1. The minimum atomic E-state index is -0.265. The van der Waals surface area contributed by atoms with Crippen LogP contribution in [0.1, 0.15) is 22.3 Å². The second-order valence-electron chi connectivity index (χ2n) is 4.78. The average Bonchev–Trinajstić information content (AvgIpc) is 2.59. The number of carbonyl (C=O) groups is 2. The molecule has 0 spiro atoms. The van der Waals surface area contributed by atoms with Gasteiger partial charge in [0.25, 0.3) is 5.91 Å². The van der Waals surface area contributed by atoms with Crippen LogP contribution in [-0.2, 0) is 16.0 Å². The van der Waals surface area contributed by atoms with Crippen LogP contribution >= 0.6 is 0 Å². The van der Waals surface area contributed by atoms with Crippen LogP contribution in [-0.4, -0.2) is 52.1 Å². The highest BCUT2D eigenvalue weighted by atomic mass is 16.5. The number of ether oxygens (including phenoxy) is 1. The molecule has 126 valence electrons. The first-order valence-electron chi connectivity index (χ1n) is 7.43. The number of carbonyl (C=O) groups excluding carboxylic acids is 2. The van der Waals surface area contributed by atoms with Gasteiger partial charge in [-0.15, -0.1) is 0 Å². The van der Waals surface area contributed by atoms with E-state index in [2.05, 4.69) is 25.7 Å². The maximum absolute atomic E-state index is 11.6. The lowest BCUT2D eigenvalue weighted by molar-refractivity contribution is -0.140. The fourth-order valence-corrected chi connectivity index (χ4v) is 1.94. The van der Waals surface area contributed by atoms with E-state index >= 15 is 0 Å². The molecule has 0 unspecified atom stereocenters. The van der Waals surface area contributed by atoms with Gasteiger partial charge in [-0.2, -0.15) is 0 Å². The molecular weight excluding hydrogens is 296 g/mol. The third kappa shape index (κ3) is 6.82. The Morgan fingerprint density at radius 2 is 1.96 bits per heavy atom. The lowest BCUT2D eigenvalue weighted by Crippen LogP contribution is -2.39. The first-order valence-corrected chi connectivity index (χ1v) is 7.43. The Bertz CT molecular complexity index is 558. The molecule has 0 fully saturated rings. The zero-order valence-corrected chi connectivity index (χ0v) is 13.8. The summed E-state index contributed by atoms with van der Waals surface area (Å²) in [6.07, 6.45) is 1.04. The van der Waals surface area contributed by atoms with E-state index in [9.17, 15) is 9.59 Å². The highest BCUT2D eigenvalue weighted by molar-refractivity contribution is 5.94. The third-order valence-electron chi connectivity index (χ3n) is 3.20. The molecule has 7 heteroatoms. The van der Waals surface area contributed by atoms with Gasteiger partial charge in [-0.25, -0.2) is 0 Å². The first-order chi connectivity index (χ1) is 11.1. The van der Waals surface area contributed by atoms with E-state index in [0.717, 1.165) is 12.0 Å². The highest BCUT2D eigenvalue weighted by Crippen LogP contribution is 2.05. The van der Waals surface area contributed by atoms with Gasteiger partial charge in [0.2, 0.25) is 0 Å². The van der Waals surface area contributed by atoms with Crippen molar-refractivity contribution in [3.63, 3.8) is 0 Å². The van der Waals surface area contributed by atoms with Crippen molar-refractivity contribution in [2.24, 2.45) is 4.99 Å². The van der Waals surface area contributed by atoms with E-state index in [-0.39, 0.29) is 18.3 Å². The molecule has 0 aliphatic heterocycles. The Morgan fingerprint density at radius 1 is 1.22 bits per heavy atom. The van der Waals surface area contributed by atoms with Gasteiger partial charge in [0, 0.05) is 32.7 Å². The van der Waals surface area contributed by atoms with E-state index in [1.165, 1.54) is 7.11 Å². The smallest absolute Gasteiger partial charge is 0.307 e. The molecule has 1 aromatic carbocycles. The summed E-state index contributed by atoms with van der Waals surface area (Å²) >= 11 is 0. The van der Waals surface area contributed by atoms with E-state index < -0.39 is 0 Å². The van der Waals surface area contributed by atoms with Crippen LogP contribution in [0, 0.1) is 0 Å². The zero-order valence-electron chi connectivity index (χ0n) is 13.8. The number of rotatable bonds is 7. The quantitative estimate of drug-likeness (QED) is 0.382. The molecule has 0 saturated carbocycles. The first kappa shape index (κ1) is 18.5. The van der Waals surface area contributed by atoms with E-state index in [0.29, 0.717) is 24.6 Å². The normalized spacial score (nSPS) is 10.8. The largest absolute Gasteiger partial charge is 0.469 e. The Morgan fingerprint density at radius 3 is 2.61 bits per heavy atom. The van der Waals surface area contributed by atoms with Gasteiger partial charge in [-0.1, -0.05) is 12.1 Å². The van der Waals surface area contributed by atoms with Crippen LogP contribution < -0.4 is 16.0 Å². The summed E-state index contributed by atoms with van der Waals surface area (Å²) in [5, 5.41) is 8.80. The van der Waals surface area contributed by atoms with Gasteiger partial charge < -0.3 is 20.7 Å². The summed E-state index contributed by atoms with van der Waals surface area (Å²) < 4.78 is 4.57. The summed E-state index contributed by atoms with van der Waals surface area (Å²) in [5.41, 5.74) is 1.70. The topological polar surface area (TPSA) is 91.8 Å². The maximum atomic E-state index is 11.6. The van der Waals surface area contributed by atoms with Crippen molar-refractivity contribution in [2.75, 3.05) is 34.3 Å². The summed E-state index contributed by atoms with van der Waals surface area (Å²) in [4.78, 5) is 26.7. The molecule has 0 aliphatic carbocycles. The van der Waals surface area contributed by atoms with E-state index in [4.69, 9.17) is 0 Å². The van der Waals surface area contributed by atoms with Gasteiger partial charge in [-0.05, 0) is 24.1 Å². The lowest BCUT2D eigenvalue weighted by Gasteiger charge is -2.11. The average molecular weight is 320 g/mol. The van der Waals surface area contributed by atoms with Crippen LogP contribution in [0.5, 0.6) is 0 Å². The SMILES string of the molecule is CN=C(NCCC(=O)OC)NCCc1cccc(C(=O)NC)c1. The summed E-state index contributed by atoms with van der Waals surface area (Å²) in [5.74, 6) is 0.260. The monoisotopic (exact) mass is 320 g/mol. The number of methoxy groups -OCH3 is 1. The number of guanidine groups is 1. The summed E-state index contributed by atoms with van der Waals surface area (Å²) in [7, 11) is 4.64. The van der Waals surface area contributed by atoms with Crippen LogP contribution in [0.15, 0.2) is 29.3 Å². The third-order valence-corrected chi connectivity index (χ3v) is 3.20. The van der Waals surface area contributed by atoms with Crippen LogP contribution in [0.3, 0.4) is 0 Å². The number of esters is 1. The fourth-order valence-electron chi connectivity index (χ4n) is 1.94. The molecule has 0 radical (unpaired) electrons. The van der Waals surface area contributed by atoms with Crippen molar-refractivity contribution in [1.82, 2.24) is 16.0 Å². The van der Waals surface area contributed by atoms with Crippen molar-refractivity contribution < 1.29 is 14.3 Å². The molecule has 0 aromatic heterocycles. The van der Waals surface area contributed by atoms with Crippen LogP contribution in [0.2, 0.25) is 0 Å². The minimum Gasteiger partial charge on any atom is -0.469 e. The Labute approximate surface area is 136 Å². The fraction of sp³-hybridized carbons (Fsp3) is 0.438. The van der Waals surface area contributed by atoms with E-state index in [1.54, 1.807) is 20.2 Å². The number of amides is 1. The van der Waals surface area contributed by atoms with Crippen molar-refractivity contribution >= 4 is 17.8 Å². The molecule has 1 rings (SSSR count). The molecule has 0 aliphatic rings. The van der Waals surface area contributed by atoms with Crippen molar-refractivity contribution in [3.8, 4) is 0 Å². The molecule has 1 aromatic rings. The Hall–Kier alpha value is -2.57. The summed E-state index contributed by atoms with van der Waals surface area (Å²) in [6, 6.07) is 7.49. The Kier molecular flexibility index (Phi) is 8.20. The number of benzene rings is 1. The van der Waals surface area contributed by atoms with E-state index in [1.807, 2.05) is 18.2 Å². The van der Waals surface area contributed by atoms with Gasteiger partial charge >= 0.3 is 5.97 Å².